The van der Waals surface area contributed by atoms with Gasteiger partial charge in [-0.05, 0) is 63.2 Å². The lowest BCUT2D eigenvalue weighted by molar-refractivity contribution is -0.229. The van der Waals surface area contributed by atoms with Gasteiger partial charge in [-0.1, -0.05) is 26.2 Å². The van der Waals surface area contributed by atoms with E-state index in [1.165, 1.54) is 38.5 Å². The quantitative estimate of drug-likeness (QED) is 0.783. The van der Waals surface area contributed by atoms with Gasteiger partial charge in [0.05, 0.1) is 17.8 Å². The molecular weight excluding hydrogens is 236 g/mol. The molecule has 110 valence electrons. The van der Waals surface area contributed by atoms with Gasteiger partial charge in [-0.3, -0.25) is 0 Å². The van der Waals surface area contributed by atoms with Gasteiger partial charge in [0.25, 0.3) is 0 Å². The fraction of sp³-hybridized carbons (Fsp3) is 1.00. The zero-order chi connectivity index (χ0) is 13.6. The average molecular weight is 266 g/mol. The van der Waals surface area contributed by atoms with Crippen molar-refractivity contribution in [1.82, 2.24) is 0 Å². The fourth-order valence-corrected chi connectivity index (χ4v) is 4.87. The molecule has 0 spiro atoms. The summed E-state index contributed by atoms with van der Waals surface area (Å²) in [6.45, 7) is 6.72. The lowest BCUT2D eigenvalue weighted by atomic mass is 9.61. The summed E-state index contributed by atoms with van der Waals surface area (Å²) in [6, 6.07) is 0. The van der Waals surface area contributed by atoms with Gasteiger partial charge in [0.1, 0.15) is 0 Å². The highest BCUT2D eigenvalue weighted by Gasteiger charge is 2.51. The number of aliphatic hydroxyl groups is 1. The molecule has 1 N–H and O–H groups in total. The molecule has 2 bridgehead atoms. The van der Waals surface area contributed by atoms with Gasteiger partial charge >= 0.3 is 0 Å². The Bertz CT molecular complexity index is 319. The van der Waals surface area contributed by atoms with Crippen LogP contribution in [-0.4, -0.2) is 22.9 Å². The molecule has 0 aromatic carbocycles. The van der Waals surface area contributed by atoms with Gasteiger partial charge in [0, 0.05) is 0 Å². The lowest BCUT2D eigenvalue weighted by Gasteiger charge is -2.55. The maximum atomic E-state index is 10.4. The van der Waals surface area contributed by atoms with Gasteiger partial charge in [-0.25, -0.2) is 0 Å². The van der Waals surface area contributed by atoms with Crippen LogP contribution in [0.5, 0.6) is 0 Å². The van der Waals surface area contributed by atoms with Gasteiger partial charge in [-0.15, -0.1) is 0 Å². The SMILES string of the molecule is C[C@H]1C2CC(C[C@@H]1O)C(C)(C)O[C@H]2C1CCCCC1. The van der Waals surface area contributed by atoms with Crippen molar-refractivity contribution in [3.8, 4) is 0 Å². The van der Waals surface area contributed by atoms with E-state index >= 15 is 0 Å². The molecule has 3 rings (SSSR count). The van der Waals surface area contributed by atoms with Crippen molar-refractivity contribution < 1.29 is 9.84 Å². The molecular formula is C17H30O2. The van der Waals surface area contributed by atoms with Crippen LogP contribution in [0.3, 0.4) is 0 Å². The molecule has 5 atom stereocenters. The Morgan fingerprint density at radius 2 is 1.74 bits per heavy atom. The highest BCUT2D eigenvalue weighted by Crippen LogP contribution is 2.51. The zero-order valence-electron chi connectivity index (χ0n) is 12.8. The summed E-state index contributed by atoms with van der Waals surface area (Å²) in [6.07, 6.45) is 9.31. The molecule has 0 aromatic heterocycles. The molecule has 19 heavy (non-hydrogen) atoms. The van der Waals surface area contributed by atoms with Crippen molar-refractivity contribution in [2.24, 2.45) is 23.7 Å². The van der Waals surface area contributed by atoms with Crippen LogP contribution >= 0.6 is 0 Å². The Morgan fingerprint density at radius 3 is 2.42 bits per heavy atom. The Labute approximate surface area is 117 Å². The summed E-state index contributed by atoms with van der Waals surface area (Å²) < 4.78 is 6.59. The smallest absolute Gasteiger partial charge is 0.0659 e. The second kappa shape index (κ2) is 5.04. The minimum atomic E-state index is -0.113. The second-order valence-electron chi connectivity index (χ2n) is 7.84. The third-order valence-electron chi connectivity index (χ3n) is 6.32. The van der Waals surface area contributed by atoms with E-state index in [-0.39, 0.29) is 11.7 Å². The predicted molar refractivity (Wildman–Crippen MR) is 76.9 cm³/mol. The maximum absolute atomic E-state index is 10.4. The van der Waals surface area contributed by atoms with Crippen molar-refractivity contribution in [3.63, 3.8) is 0 Å². The highest BCUT2D eigenvalue weighted by molar-refractivity contribution is 5.00. The van der Waals surface area contributed by atoms with E-state index in [2.05, 4.69) is 20.8 Å². The standard InChI is InChI=1S/C17H30O2/c1-11-14-9-13(10-15(11)18)17(2,3)19-16(14)12-7-5-4-6-8-12/h11-16,18H,4-10H2,1-3H3/t11-,13?,14?,15-,16-/m0/s1. The summed E-state index contributed by atoms with van der Waals surface area (Å²) in [5.41, 5.74) is -0.0419. The Hall–Kier alpha value is -0.0800. The molecule has 3 aliphatic rings. The summed E-state index contributed by atoms with van der Waals surface area (Å²) >= 11 is 0. The topological polar surface area (TPSA) is 29.5 Å². The van der Waals surface area contributed by atoms with Crippen LogP contribution in [0.25, 0.3) is 0 Å². The van der Waals surface area contributed by atoms with E-state index in [0.29, 0.717) is 23.9 Å². The summed E-state index contributed by atoms with van der Waals surface area (Å²) in [5.74, 6) is 2.29. The number of ether oxygens (including phenoxy) is 1. The van der Waals surface area contributed by atoms with Crippen molar-refractivity contribution in [2.75, 3.05) is 0 Å². The van der Waals surface area contributed by atoms with Gasteiger partial charge in [-0.2, -0.15) is 0 Å². The molecule has 0 radical (unpaired) electrons. The van der Waals surface area contributed by atoms with Gasteiger partial charge in [0.2, 0.25) is 0 Å². The van der Waals surface area contributed by atoms with E-state index < -0.39 is 0 Å². The van der Waals surface area contributed by atoms with Gasteiger partial charge < -0.3 is 9.84 Å². The molecule has 3 fully saturated rings. The largest absolute Gasteiger partial charge is 0.393 e. The molecule has 2 unspecified atom stereocenters. The molecule has 2 saturated carbocycles. The third-order valence-corrected chi connectivity index (χ3v) is 6.32. The van der Waals surface area contributed by atoms with Crippen LogP contribution in [0.1, 0.15) is 65.7 Å². The van der Waals surface area contributed by atoms with Crippen molar-refractivity contribution in [3.05, 3.63) is 0 Å². The summed E-state index contributed by atoms with van der Waals surface area (Å²) in [7, 11) is 0. The number of hydrogen-bond acceptors (Lipinski definition) is 2. The zero-order valence-corrected chi connectivity index (χ0v) is 12.8. The maximum Gasteiger partial charge on any atom is 0.0659 e. The van der Waals surface area contributed by atoms with E-state index in [1.54, 1.807) is 0 Å². The van der Waals surface area contributed by atoms with Crippen LogP contribution in [0.2, 0.25) is 0 Å². The average Bonchev–Trinajstić information content (AvgIpc) is 2.39. The number of fused-ring (bicyclic) bond motifs is 2. The first-order chi connectivity index (χ1) is 8.99. The van der Waals surface area contributed by atoms with Crippen LogP contribution in [-0.2, 0) is 4.74 Å². The Morgan fingerprint density at radius 1 is 1.05 bits per heavy atom. The number of aliphatic hydroxyl groups excluding tert-OH is 1. The monoisotopic (exact) mass is 266 g/mol. The highest BCUT2D eigenvalue weighted by atomic mass is 16.5. The first-order valence-electron chi connectivity index (χ1n) is 8.35. The Balaban J connectivity index is 1.81. The number of rotatable bonds is 1. The second-order valence-corrected chi connectivity index (χ2v) is 7.84. The molecule has 0 amide bonds. The molecule has 1 heterocycles. The molecule has 2 aliphatic carbocycles. The predicted octanol–water partition coefficient (Wildman–Crippen LogP) is 3.77. The minimum absolute atomic E-state index is 0.0419. The normalized spacial score (nSPS) is 47.1. The molecule has 2 nitrogen and oxygen atoms in total. The van der Waals surface area contributed by atoms with Crippen molar-refractivity contribution in [1.29, 1.82) is 0 Å². The fourth-order valence-electron chi connectivity index (χ4n) is 4.87. The van der Waals surface area contributed by atoms with Crippen LogP contribution < -0.4 is 0 Å². The van der Waals surface area contributed by atoms with Crippen LogP contribution in [0.4, 0.5) is 0 Å². The molecule has 2 heteroatoms. The third kappa shape index (κ3) is 2.47. The minimum Gasteiger partial charge on any atom is -0.393 e. The van der Waals surface area contributed by atoms with Gasteiger partial charge in [0.15, 0.2) is 0 Å². The van der Waals surface area contributed by atoms with E-state index in [0.717, 1.165) is 12.3 Å². The van der Waals surface area contributed by atoms with E-state index in [1.807, 2.05) is 0 Å². The first kappa shape index (κ1) is 13.9. The Kier molecular flexibility index (Phi) is 3.68. The molecule has 1 aliphatic heterocycles. The van der Waals surface area contributed by atoms with Crippen LogP contribution in [0, 0.1) is 23.7 Å². The first-order valence-corrected chi connectivity index (χ1v) is 8.35. The summed E-state index contributed by atoms with van der Waals surface area (Å²) in [4.78, 5) is 0. The van der Waals surface area contributed by atoms with E-state index in [9.17, 15) is 5.11 Å². The van der Waals surface area contributed by atoms with Crippen LogP contribution in [0.15, 0.2) is 0 Å². The summed E-state index contributed by atoms with van der Waals surface area (Å²) in [5, 5.41) is 10.4. The lowest BCUT2D eigenvalue weighted by Crippen LogP contribution is -2.57. The van der Waals surface area contributed by atoms with Crippen molar-refractivity contribution in [2.45, 2.75) is 83.5 Å². The number of hydrogen-bond donors (Lipinski definition) is 1. The van der Waals surface area contributed by atoms with E-state index in [4.69, 9.17) is 4.74 Å². The van der Waals surface area contributed by atoms with Crippen molar-refractivity contribution >= 4 is 0 Å². The molecule has 1 saturated heterocycles. The molecule has 0 aromatic rings.